The van der Waals surface area contributed by atoms with Crippen LogP contribution in [0.1, 0.15) is 0 Å². The Morgan fingerprint density at radius 3 is 2.83 bits per heavy atom. The Labute approximate surface area is 106 Å². The van der Waals surface area contributed by atoms with Crippen LogP contribution in [0.4, 0.5) is 10.1 Å². The van der Waals surface area contributed by atoms with Crippen molar-refractivity contribution < 1.29 is 14.1 Å². The van der Waals surface area contributed by atoms with Crippen molar-refractivity contribution in [2.75, 3.05) is 0 Å². The standard InChI is InChI=1S/C11H6ClFN2O3/c12-8-2-1-3-9(15(16)17)11(8)18-7-4-5-14-10(13)6-7/h1-6H. The van der Waals surface area contributed by atoms with Crippen LogP contribution in [0, 0.1) is 16.1 Å². The van der Waals surface area contributed by atoms with Crippen molar-refractivity contribution >= 4 is 17.3 Å². The lowest BCUT2D eigenvalue weighted by Crippen LogP contribution is -1.94. The molecule has 0 unspecified atom stereocenters. The topological polar surface area (TPSA) is 65.3 Å². The first-order valence-corrected chi connectivity index (χ1v) is 5.18. The fourth-order valence-electron chi connectivity index (χ4n) is 1.31. The van der Waals surface area contributed by atoms with E-state index in [1.807, 2.05) is 0 Å². The molecule has 0 aliphatic carbocycles. The van der Waals surface area contributed by atoms with Gasteiger partial charge in [0.05, 0.1) is 9.95 Å². The number of ether oxygens (including phenoxy) is 1. The Balaban J connectivity index is 2.42. The van der Waals surface area contributed by atoms with Gasteiger partial charge in [-0.15, -0.1) is 0 Å². The highest BCUT2D eigenvalue weighted by atomic mass is 35.5. The molecule has 1 aromatic carbocycles. The molecule has 2 rings (SSSR count). The van der Waals surface area contributed by atoms with Crippen molar-refractivity contribution in [3.63, 3.8) is 0 Å². The number of nitro groups is 1. The zero-order chi connectivity index (χ0) is 13.1. The predicted molar refractivity (Wildman–Crippen MR) is 62.4 cm³/mol. The number of hydrogen-bond acceptors (Lipinski definition) is 4. The SMILES string of the molecule is O=[N+]([O-])c1cccc(Cl)c1Oc1ccnc(F)c1. The molecule has 2 aromatic rings. The highest BCUT2D eigenvalue weighted by molar-refractivity contribution is 6.32. The van der Waals surface area contributed by atoms with Gasteiger partial charge in [0.2, 0.25) is 11.7 Å². The predicted octanol–water partition coefficient (Wildman–Crippen LogP) is 3.57. The van der Waals surface area contributed by atoms with Gasteiger partial charge in [-0.3, -0.25) is 10.1 Å². The van der Waals surface area contributed by atoms with Crippen LogP contribution in [-0.4, -0.2) is 9.91 Å². The number of rotatable bonds is 3. The van der Waals surface area contributed by atoms with Crippen LogP contribution in [0.3, 0.4) is 0 Å². The minimum atomic E-state index is -0.748. The summed E-state index contributed by atoms with van der Waals surface area (Å²) in [5.74, 6) is -0.796. The van der Waals surface area contributed by atoms with E-state index in [1.165, 1.54) is 30.5 Å². The first kappa shape index (κ1) is 12.3. The molecule has 1 heterocycles. The summed E-state index contributed by atoms with van der Waals surface area (Å²) in [5, 5.41) is 10.9. The highest BCUT2D eigenvalue weighted by Gasteiger charge is 2.19. The van der Waals surface area contributed by atoms with Gasteiger partial charge in [-0.1, -0.05) is 17.7 Å². The lowest BCUT2D eigenvalue weighted by Gasteiger charge is -2.07. The van der Waals surface area contributed by atoms with Crippen LogP contribution in [0.15, 0.2) is 36.5 Å². The molecule has 0 bridgehead atoms. The molecular formula is C11H6ClFN2O3. The van der Waals surface area contributed by atoms with Crippen molar-refractivity contribution in [2.24, 2.45) is 0 Å². The monoisotopic (exact) mass is 268 g/mol. The Hall–Kier alpha value is -2.21. The summed E-state index contributed by atoms with van der Waals surface area (Å²) in [5.41, 5.74) is -0.292. The van der Waals surface area contributed by atoms with Gasteiger partial charge in [-0.2, -0.15) is 4.39 Å². The number of para-hydroxylation sites is 1. The van der Waals surface area contributed by atoms with Gasteiger partial charge >= 0.3 is 5.69 Å². The molecule has 0 aliphatic heterocycles. The van der Waals surface area contributed by atoms with E-state index in [9.17, 15) is 14.5 Å². The molecule has 0 saturated heterocycles. The molecule has 0 saturated carbocycles. The van der Waals surface area contributed by atoms with Crippen molar-refractivity contribution in [3.8, 4) is 11.5 Å². The summed E-state index contributed by atoms with van der Waals surface area (Å²) >= 11 is 5.82. The summed E-state index contributed by atoms with van der Waals surface area (Å²) < 4.78 is 18.1. The highest BCUT2D eigenvalue weighted by Crippen LogP contribution is 2.37. The number of aromatic nitrogens is 1. The van der Waals surface area contributed by atoms with Crippen LogP contribution in [-0.2, 0) is 0 Å². The Morgan fingerprint density at radius 2 is 2.17 bits per heavy atom. The van der Waals surface area contributed by atoms with E-state index in [1.54, 1.807) is 0 Å². The molecule has 0 aliphatic rings. The maximum Gasteiger partial charge on any atom is 0.313 e. The van der Waals surface area contributed by atoms with Crippen molar-refractivity contribution in [3.05, 3.63) is 57.6 Å². The van der Waals surface area contributed by atoms with E-state index in [0.29, 0.717) is 0 Å². The quantitative estimate of drug-likeness (QED) is 0.485. The molecule has 1 aromatic heterocycles. The average Bonchev–Trinajstić information content (AvgIpc) is 2.31. The molecule has 5 nitrogen and oxygen atoms in total. The molecule has 0 N–H and O–H groups in total. The third-order valence-corrected chi connectivity index (χ3v) is 2.36. The Kier molecular flexibility index (Phi) is 3.38. The van der Waals surface area contributed by atoms with Gasteiger partial charge in [0.15, 0.2) is 0 Å². The second-order valence-electron chi connectivity index (χ2n) is 3.26. The molecular weight excluding hydrogens is 263 g/mol. The molecule has 18 heavy (non-hydrogen) atoms. The minimum Gasteiger partial charge on any atom is -0.448 e. The fourth-order valence-corrected chi connectivity index (χ4v) is 1.52. The van der Waals surface area contributed by atoms with Crippen molar-refractivity contribution in [1.29, 1.82) is 0 Å². The molecule has 92 valence electrons. The Bertz CT molecular complexity index is 607. The third-order valence-electron chi connectivity index (χ3n) is 2.06. The van der Waals surface area contributed by atoms with Crippen molar-refractivity contribution in [1.82, 2.24) is 4.98 Å². The van der Waals surface area contributed by atoms with Gasteiger partial charge in [0.25, 0.3) is 0 Å². The summed E-state index contributed by atoms with van der Waals surface area (Å²) in [4.78, 5) is 13.5. The van der Waals surface area contributed by atoms with Gasteiger partial charge in [0, 0.05) is 18.3 Å². The molecule has 7 heteroatoms. The van der Waals surface area contributed by atoms with Crippen molar-refractivity contribution in [2.45, 2.75) is 0 Å². The first-order valence-electron chi connectivity index (χ1n) is 4.80. The second-order valence-corrected chi connectivity index (χ2v) is 3.67. The molecule has 0 amide bonds. The summed E-state index contributed by atoms with van der Waals surface area (Å²) in [6.45, 7) is 0. The molecule has 0 atom stereocenters. The Morgan fingerprint density at radius 1 is 1.39 bits per heavy atom. The van der Waals surface area contributed by atoms with Gasteiger partial charge in [0.1, 0.15) is 5.75 Å². The lowest BCUT2D eigenvalue weighted by atomic mass is 10.3. The van der Waals surface area contributed by atoms with E-state index in [0.717, 1.165) is 6.07 Å². The maximum absolute atomic E-state index is 12.9. The van der Waals surface area contributed by atoms with Crippen LogP contribution in [0.5, 0.6) is 11.5 Å². The second kappa shape index (κ2) is 4.97. The number of nitrogens with zero attached hydrogens (tertiary/aromatic N) is 2. The lowest BCUT2D eigenvalue weighted by molar-refractivity contribution is -0.385. The average molecular weight is 269 g/mol. The first-order chi connectivity index (χ1) is 8.58. The maximum atomic E-state index is 12.9. The number of halogens is 2. The van der Waals surface area contributed by atoms with E-state index >= 15 is 0 Å². The van der Waals surface area contributed by atoms with Gasteiger partial charge in [-0.25, -0.2) is 4.98 Å². The molecule has 0 radical (unpaired) electrons. The molecule has 0 spiro atoms. The largest absolute Gasteiger partial charge is 0.448 e. The van der Waals surface area contributed by atoms with Crippen LogP contribution < -0.4 is 4.74 Å². The van der Waals surface area contributed by atoms with Crippen LogP contribution in [0.2, 0.25) is 5.02 Å². The number of nitro benzene ring substituents is 1. The summed E-state index contributed by atoms with van der Waals surface area (Å²) in [6, 6.07) is 6.50. The zero-order valence-electron chi connectivity index (χ0n) is 8.84. The fraction of sp³-hybridized carbons (Fsp3) is 0. The number of benzene rings is 1. The van der Waals surface area contributed by atoms with E-state index < -0.39 is 10.9 Å². The van der Waals surface area contributed by atoms with E-state index in [2.05, 4.69) is 4.98 Å². The number of pyridine rings is 1. The van der Waals surface area contributed by atoms with E-state index in [4.69, 9.17) is 16.3 Å². The van der Waals surface area contributed by atoms with Gasteiger partial charge < -0.3 is 4.74 Å². The third kappa shape index (κ3) is 2.54. The summed E-state index contributed by atoms with van der Waals surface area (Å²) in [6.07, 6.45) is 1.19. The molecule has 0 fully saturated rings. The normalized spacial score (nSPS) is 10.1. The van der Waals surface area contributed by atoms with Crippen LogP contribution >= 0.6 is 11.6 Å². The van der Waals surface area contributed by atoms with Crippen LogP contribution in [0.25, 0.3) is 0 Å². The van der Waals surface area contributed by atoms with E-state index in [-0.39, 0.29) is 22.2 Å². The van der Waals surface area contributed by atoms with Gasteiger partial charge in [-0.05, 0) is 12.1 Å². The summed E-state index contributed by atoms with van der Waals surface area (Å²) in [7, 11) is 0. The zero-order valence-corrected chi connectivity index (χ0v) is 9.60. The minimum absolute atomic E-state index is 0.0708. The number of hydrogen-bond donors (Lipinski definition) is 0. The smallest absolute Gasteiger partial charge is 0.313 e.